The molecule has 2 rings (SSSR count). The molecule has 1 unspecified atom stereocenters. The summed E-state index contributed by atoms with van der Waals surface area (Å²) in [5.74, 6) is -0.922. The molecule has 100 valence electrons. The van der Waals surface area contributed by atoms with Gasteiger partial charge in [-0.25, -0.2) is 14.6 Å². The van der Waals surface area contributed by atoms with Crippen molar-refractivity contribution in [3.8, 4) is 5.95 Å². The van der Waals surface area contributed by atoms with Crippen molar-refractivity contribution in [2.75, 3.05) is 0 Å². The van der Waals surface area contributed by atoms with Crippen LogP contribution in [0.5, 0.6) is 0 Å². The highest BCUT2D eigenvalue weighted by atomic mass is 16.4. The van der Waals surface area contributed by atoms with E-state index >= 15 is 0 Å². The predicted octanol–water partition coefficient (Wildman–Crippen LogP) is 1.86. The van der Waals surface area contributed by atoms with Gasteiger partial charge in [0.2, 0.25) is 0 Å². The minimum atomic E-state index is -0.831. The van der Waals surface area contributed by atoms with E-state index in [-0.39, 0.29) is 0 Å². The maximum absolute atomic E-state index is 11.3. The van der Waals surface area contributed by atoms with E-state index < -0.39 is 11.9 Å². The Kier molecular flexibility index (Phi) is 3.59. The average molecular weight is 260 g/mol. The Hall–Kier alpha value is -2.24. The highest BCUT2D eigenvalue weighted by Gasteiger charge is 2.26. The SMILES string of the molecule is CCC(C(=O)O)c1c(C)nn(-c2ncccn2)c1C. The zero-order valence-corrected chi connectivity index (χ0v) is 11.2. The molecule has 1 atom stereocenters. The van der Waals surface area contributed by atoms with Crippen molar-refractivity contribution in [1.82, 2.24) is 19.7 Å². The maximum Gasteiger partial charge on any atom is 0.311 e. The lowest BCUT2D eigenvalue weighted by molar-refractivity contribution is -0.138. The standard InChI is InChI=1S/C13H16N4O2/c1-4-10(12(18)19)11-8(2)16-17(9(11)3)13-14-6-5-7-15-13/h5-7,10H,4H2,1-3H3,(H,18,19). The van der Waals surface area contributed by atoms with Gasteiger partial charge in [-0.15, -0.1) is 0 Å². The van der Waals surface area contributed by atoms with Gasteiger partial charge in [0, 0.05) is 23.7 Å². The first-order valence-electron chi connectivity index (χ1n) is 6.12. The molecule has 0 radical (unpaired) electrons. The molecule has 6 nitrogen and oxygen atoms in total. The Labute approximate surface area is 111 Å². The second-order valence-electron chi connectivity index (χ2n) is 4.34. The summed E-state index contributed by atoms with van der Waals surface area (Å²) in [5, 5.41) is 13.6. The molecule has 1 N–H and O–H groups in total. The van der Waals surface area contributed by atoms with Gasteiger partial charge in [0.25, 0.3) is 5.95 Å². The summed E-state index contributed by atoms with van der Waals surface area (Å²) in [6, 6.07) is 1.72. The Morgan fingerprint density at radius 2 is 2.00 bits per heavy atom. The Bertz CT molecular complexity index is 592. The first-order valence-corrected chi connectivity index (χ1v) is 6.12. The molecule has 2 aromatic heterocycles. The largest absolute Gasteiger partial charge is 0.481 e. The van der Waals surface area contributed by atoms with Crippen LogP contribution in [-0.4, -0.2) is 30.8 Å². The topological polar surface area (TPSA) is 80.9 Å². The Morgan fingerprint density at radius 3 is 2.53 bits per heavy atom. The van der Waals surface area contributed by atoms with Crippen LogP contribution >= 0.6 is 0 Å². The van der Waals surface area contributed by atoms with Crippen molar-refractivity contribution in [2.24, 2.45) is 0 Å². The van der Waals surface area contributed by atoms with E-state index in [1.807, 2.05) is 20.8 Å². The molecular weight excluding hydrogens is 244 g/mol. The zero-order valence-electron chi connectivity index (χ0n) is 11.2. The number of aryl methyl sites for hydroxylation is 1. The van der Waals surface area contributed by atoms with Crippen LogP contribution < -0.4 is 0 Å². The summed E-state index contributed by atoms with van der Waals surface area (Å²) < 4.78 is 1.59. The number of rotatable bonds is 4. The van der Waals surface area contributed by atoms with E-state index in [4.69, 9.17) is 0 Å². The van der Waals surface area contributed by atoms with Gasteiger partial charge in [-0.05, 0) is 26.3 Å². The average Bonchev–Trinajstić information content (AvgIpc) is 2.68. The van der Waals surface area contributed by atoms with E-state index in [1.54, 1.807) is 23.1 Å². The summed E-state index contributed by atoms with van der Waals surface area (Å²) in [5.41, 5.74) is 2.24. The normalized spacial score (nSPS) is 12.4. The lowest BCUT2D eigenvalue weighted by Crippen LogP contribution is -2.12. The van der Waals surface area contributed by atoms with Crippen LogP contribution in [-0.2, 0) is 4.79 Å². The van der Waals surface area contributed by atoms with Crippen molar-refractivity contribution in [2.45, 2.75) is 33.1 Å². The zero-order chi connectivity index (χ0) is 14.0. The first kappa shape index (κ1) is 13.2. The molecule has 6 heteroatoms. The van der Waals surface area contributed by atoms with Crippen LogP contribution in [0.3, 0.4) is 0 Å². The number of carboxylic acids is 1. The van der Waals surface area contributed by atoms with Gasteiger partial charge in [-0.1, -0.05) is 6.92 Å². The molecule has 0 aliphatic carbocycles. The van der Waals surface area contributed by atoms with Crippen LogP contribution in [0.4, 0.5) is 0 Å². The summed E-state index contributed by atoms with van der Waals surface area (Å²) in [4.78, 5) is 19.6. The van der Waals surface area contributed by atoms with Gasteiger partial charge in [0.1, 0.15) is 0 Å². The number of carbonyl (C=O) groups is 1. The van der Waals surface area contributed by atoms with Crippen molar-refractivity contribution in [3.05, 3.63) is 35.4 Å². The van der Waals surface area contributed by atoms with Crippen molar-refractivity contribution in [1.29, 1.82) is 0 Å². The van der Waals surface area contributed by atoms with Crippen LogP contribution in [0.1, 0.15) is 36.2 Å². The second kappa shape index (κ2) is 5.17. The van der Waals surface area contributed by atoms with E-state index in [1.165, 1.54) is 0 Å². The molecule has 0 amide bonds. The minimum Gasteiger partial charge on any atom is -0.481 e. The fourth-order valence-electron chi connectivity index (χ4n) is 2.26. The summed E-state index contributed by atoms with van der Waals surface area (Å²) in [6.45, 7) is 5.51. The molecule has 0 saturated carbocycles. The van der Waals surface area contributed by atoms with Gasteiger partial charge in [0.15, 0.2) is 0 Å². The molecular formula is C13H16N4O2. The molecule has 0 aliphatic rings. The third-order valence-corrected chi connectivity index (χ3v) is 3.14. The molecule has 0 spiro atoms. The Morgan fingerprint density at radius 1 is 1.37 bits per heavy atom. The third kappa shape index (κ3) is 2.33. The maximum atomic E-state index is 11.3. The van der Waals surface area contributed by atoms with Crippen LogP contribution in [0.15, 0.2) is 18.5 Å². The summed E-state index contributed by atoms with van der Waals surface area (Å²) in [6.07, 6.45) is 3.79. The van der Waals surface area contributed by atoms with Crippen LogP contribution in [0, 0.1) is 13.8 Å². The van der Waals surface area contributed by atoms with Crippen molar-refractivity contribution < 1.29 is 9.90 Å². The van der Waals surface area contributed by atoms with Gasteiger partial charge >= 0.3 is 5.97 Å². The number of aromatic nitrogens is 4. The van der Waals surface area contributed by atoms with E-state index in [0.717, 1.165) is 11.3 Å². The molecule has 2 aromatic rings. The molecule has 0 aliphatic heterocycles. The molecule has 0 fully saturated rings. The van der Waals surface area contributed by atoms with E-state index in [9.17, 15) is 9.90 Å². The van der Waals surface area contributed by atoms with Crippen LogP contribution in [0.2, 0.25) is 0 Å². The highest BCUT2D eigenvalue weighted by Crippen LogP contribution is 2.27. The molecule has 0 bridgehead atoms. The number of nitrogens with zero attached hydrogens (tertiary/aromatic N) is 4. The number of carboxylic acid groups (broad SMARTS) is 1. The van der Waals surface area contributed by atoms with Gasteiger partial charge < -0.3 is 5.11 Å². The van der Waals surface area contributed by atoms with E-state index in [2.05, 4.69) is 15.1 Å². The second-order valence-corrected chi connectivity index (χ2v) is 4.34. The fourth-order valence-corrected chi connectivity index (χ4v) is 2.26. The Balaban J connectivity index is 2.55. The monoisotopic (exact) mass is 260 g/mol. The van der Waals surface area contributed by atoms with Gasteiger partial charge in [0.05, 0.1) is 11.6 Å². The quantitative estimate of drug-likeness (QED) is 0.907. The highest BCUT2D eigenvalue weighted by molar-refractivity contribution is 5.76. The predicted molar refractivity (Wildman–Crippen MR) is 69.3 cm³/mol. The lowest BCUT2D eigenvalue weighted by atomic mass is 9.95. The first-order chi connectivity index (χ1) is 9.06. The van der Waals surface area contributed by atoms with Crippen LogP contribution in [0.25, 0.3) is 5.95 Å². The fraction of sp³-hybridized carbons (Fsp3) is 0.385. The molecule has 19 heavy (non-hydrogen) atoms. The molecule has 0 aromatic carbocycles. The number of hydrogen-bond donors (Lipinski definition) is 1. The summed E-state index contributed by atoms with van der Waals surface area (Å²) >= 11 is 0. The van der Waals surface area contributed by atoms with Crippen molar-refractivity contribution >= 4 is 5.97 Å². The number of aliphatic carboxylic acids is 1. The number of hydrogen-bond acceptors (Lipinski definition) is 4. The summed E-state index contributed by atoms with van der Waals surface area (Å²) in [7, 11) is 0. The van der Waals surface area contributed by atoms with Crippen molar-refractivity contribution in [3.63, 3.8) is 0 Å². The lowest BCUT2D eigenvalue weighted by Gasteiger charge is -2.10. The van der Waals surface area contributed by atoms with Gasteiger partial charge in [-0.3, -0.25) is 4.79 Å². The smallest absolute Gasteiger partial charge is 0.311 e. The molecule has 0 saturated heterocycles. The molecule has 2 heterocycles. The van der Waals surface area contributed by atoms with Gasteiger partial charge in [-0.2, -0.15) is 5.10 Å². The minimum absolute atomic E-state index is 0.453. The third-order valence-electron chi connectivity index (χ3n) is 3.14. The van der Waals surface area contributed by atoms with E-state index in [0.29, 0.717) is 18.1 Å².